The minimum Gasteiger partial charge on any atom is -0.340 e. The molecule has 0 aliphatic carbocycles. The van der Waals surface area contributed by atoms with Gasteiger partial charge in [-0.25, -0.2) is 0 Å². The fraction of sp³-hybridized carbons (Fsp3) is 0.364. The van der Waals surface area contributed by atoms with E-state index in [2.05, 4.69) is 0 Å². The first kappa shape index (κ1) is 15.2. The highest BCUT2D eigenvalue weighted by Crippen LogP contribution is 2.16. The predicted molar refractivity (Wildman–Crippen MR) is 68.8 cm³/mol. The number of benzene rings is 1. The molecule has 3 nitrogen and oxygen atoms in total. The van der Waals surface area contributed by atoms with Crippen molar-refractivity contribution in [1.29, 1.82) is 0 Å². The van der Waals surface area contributed by atoms with Crippen LogP contribution < -0.4 is 5.73 Å². The lowest BCUT2D eigenvalue weighted by atomic mass is 10.2. The van der Waals surface area contributed by atoms with Crippen LogP contribution >= 0.6 is 24.0 Å². The van der Waals surface area contributed by atoms with Gasteiger partial charge in [0.25, 0.3) is 0 Å². The molecule has 0 aliphatic rings. The average molecular weight is 263 g/mol. The summed E-state index contributed by atoms with van der Waals surface area (Å²) in [6.07, 6.45) is 0. The Morgan fingerprint density at radius 3 is 2.56 bits per heavy atom. The molecule has 0 radical (unpaired) electrons. The lowest BCUT2D eigenvalue weighted by Crippen LogP contribution is -2.39. The van der Waals surface area contributed by atoms with Crippen LogP contribution in [0.5, 0.6) is 0 Å². The van der Waals surface area contributed by atoms with Gasteiger partial charge in [-0.3, -0.25) is 4.79 Å². The number of halogens is 2. The summed E-state index contributed by atoms with van der Waals surface area (Å²) in [5, 5.41) is 0.668. The van der Waals surface area contributed by atoms with Crippen LogP contribution in [0.2, 0.25) is 5.02 Å². The lowest BCUT2D eigenvalue weighted by Gasteiger charge is -2.19. The zero-order valence-corrected chi connectivity index (χ0v) is 10.9. The molecule has 0 unspecified atom stereocenters. The maximum Gasteiger partial charge on any atom is 0.239 e. The molecule has 0 spiro atoms. The summed E-state index contributed by atoms with van der Waals surface area (Å²) in [6, 6.07) is 6.98. The van der Waals surface area contributed by atoms with Gasteiger partial charge in [-0.2, -0.15) is 0 Å². The van der Waals surface area contributed by atoms with Crippen molar-refractivity contribution in [3.8, 4) is 0 Å². The molecule has 90 valence electrons. The smallest absolute Gasteiger partial charge is 0.239 e. The first-order valence-corrected chi connectivity index (χ1v) is 5.14. The number of carbonyl (C=O) groups is 1. The fourth-order valence-electron chi connectivity index (χ4n) is 1.31. The van der Waals surface area contributed by atoms with E-state index in [4.69, 9.17) is 17.3 Å². The largest absolute Gasteiger partial charge is 0.340 e. The zero-order chi connectivity index (χ0) is 11.4. The molecular formula is C11H16Cl2N2O. The minimum atomic E-state index is -0.475. The van der Waals surface area contributed by atoms with Gasteiger partial charge in [0.05, 0.1) is 6.04 Å². The molecule has 5 heteroatoms. The minimum absolute atomic E-state index is 0. The van der Waals surface area contributed by atoms with E-state index in [0.29, 0.717) is 11.6 Å². The summed E-state index contributed by atoms with van der Waals surface area (Å²) in [5.74, 6) is -0.0880. The Morgan fingerprint density at radius 2 is 2.06 bits per heavy atom. The van der Waals surface area contributed by atoms with Crippen LogP contribution in [-0.4, -0.2) is 23.9 Å². The quantitative estimate of drug-likeness (QED) is 0.907. The summed E-state index contributed by atoms with van der Waals surface area (Å²) in [4.78, 5) is 13.1. The number of nitrogens with zero attached hydrogens (tertiary/aromatic N) is 1. The van der Waals surface area contributed by atoms with E-state index < -0.39 is 6.04 Å². The van der Waals surface area contributed by atoms with Gasteiger partial charge in [0.1, 0.15) is 0 Å². The second kappa shape index (κ2) is 6.74. The number of hydrogen-bond acceptors (Lipinski definition) is 2. The van der Waals surface area contributed by atoms with Gasteiger partial charge < -0.3 is 10.6 Å². The van der Waals surface area contributed by atoms with Crippen LogP contribution in [0, 0.1) is 0 Å². The van der Waals surface area contributed by atoms with Crippen molar-refractivity contribution >= 4 is 29.9 Å². The lowest BCUT2D eigenvalue weighted by molar-refractivity contribution is -0.131. The molecular weight excluding hydrogens is 247 g/mol. The van der Waals surface area contributed by atoms with E-state index in [9.17, 15) is 4.79 Å². The first-order valence-electron chi connectivity index (χ1n) is 4.76. The first-order chi connectivity index (χ1) is 7.02. The molecule has 0 saturated carbocycles. The molecule has 2 N–H and O–H groups in total. The van der Waals surface area contributed by atoms with Crippen LogP contribution in [0.4, 0.5) is 0 Å². The van der Waals surface area contributed by atoms with Gasteiger partial charge in [-0.05, 0) is 18.6 Å². The van der Waals surface area contributed by atoms with Crippen molar-refractivity contribution in [3.63, 3.8) is 0 Å². The molecule has 1 aromatic rings. The molecule has 1 atom stereocenters. The Bertz CT molecular complexity index is 356. The van der Waals surface area contributed by atoms with Crippen molar-refractivity contribution in [2.75, 3.05) is 7.05 Å². The summed E-state index contributed by atoms with van der Waals surface area (Å²) in [7, 11) is 1.72. The Balaban J connectivity index is 0.00000225. The molecule has 16 heavy (non-hydrogen) atoms. The van der Waals surface area contributed by atoms with Crippen LogP contribution in [0.25, 0.3) is 0 Å². The average Bonchev–Trinajstić information content (AvgIpc) is 2.20. The molecule has 1 aromatic carbocycles. The van der Waals surface area contributed by atoms with Gasteiger partial charge in [-0.15, -0.1) is 12.4 Å². The van der Waals surface area contributed by atoms with E-state index >= 15 is 0 Å². The molecule has 0 aliphatic heterocycles. The van der Waals surface area contributed by atoms with Crippen molar-refractivity contribution in [3.05, 3.63) is 34.9 Å². The van der Waals surface area contributed by atoms with Crippen LogP contribution in [0.1, 0.15) is 12.5 Å². The Morgan fingerprint density at radius 1 is 1.50 bits per heavy atom. The molecule has 0 bridgehead atoms. The third kappa shape index (κ3) is 4.00. The molecule has 1 rings (SSSR count). The highest BCUT2D eigenvalue weighted by molar-refractivity contribution is 6.31. The maximum atomic E-state index is 11.5. The SMILES string of the molecule is C[C@H](N)C(=O)N(C)Cc1ccccc1Cl.Cl. The summed E-state index contributed by atoms with van der Waals surface area (Å²) in [6.45, 7) is 2.16. The van der Waals surface area contributed by atoms with E-state index in [-0.39, 0.29) is 18.3 Å². The third-order valence-corrected chi connectivity index (χ3v) is 2.50. The third-order valence-electron chi connectivity index (χ3n) is 2.13. The van der Waals surface area contributed by atoms with Gasteiger partial charge in [0.15, 0.2) is 0 Å². The molecule has 0 heterocycles. The van der Waals surface area contributed by atoms with E-state index in [1.54, 1.807) is 24.9 Å². The Kier molecular flexibility index (Phi) is 6.41. The number of rotatable bonds is 3. The van der Waals surface area contributed by atoms with Crippen molar-refractivity contribution in [1.82, 2.24) is 4.90 Å². The van der Waals surface area contributed by atoms with E-state index in [0.717, 1.165) is 5.56 Å². The molecule has 0 fully saturated rings. The van der Waals surface area contributed by atoms with Gasteiger partial charge in [-0.1, -0.05) is 29.8 Å². The normalized spacial score (nSPS) is 11.5. The second-order valence-electron chi connectivity index (χ2n) is 3.57. The van der Waals surface area contributed by atoms with Gasteiger partial charge >= 0.3 is 0 Å². The topological polar surface area (TPSA) is 46.3 Å². The Hall–Kier alpha value is -0.770. The van der Waals surface area contributed by atoms with E-state index in [1.165, 1.54) is 0 Å². The number of hydrogen-bond donors (Lipinski definition) is 1. The maximum absolute atomic E-state index is 11.5. The molecule has 1 amide bonds. The molecule has 0 aromatic heterocycles. The molecule has 0 saturated heterocycles. The van der Waals surface area contributed by atoms with Crippen LogP contribution in [0.15, 0.2) is 24.3 Å². The number of carbonyl (C=O) groups excluding carboxylic acids is 1. The number of nitrogens with two attached hydrogens (primary N) is 1. The van der Waals surface area contributed by atoms with Gasteiger partial charge in [0, 0.05) is 18.6 Å². The monoisotopic (exact) mass is 262 g/mol. The van der Waals surface area contributed by atoms with E-state index in [1.807, 2.05) is 18.2 Å². The van der Waals surface area contributed by atoms with Crippen molar-refractivity contribution in [2.45, 2.75) is 19.5 Å². The van der Waals surface area contributed by atoms with Crippen LogP contribution in [-0.2, 0) is 11.3 Å². The number of likely N-dealkylation sites (N-methyl/N-ethyl adjacent to an activating group) is 1. The highest BCUT2D eigenvalue weighted by Gasteiger charge is 2.14. The highest BCUT2D eigenvalue weighted by atomic mass is 35.5. The van der Waals surface area contributed by atoms with Crippen LogP contribution in [0.3, 0.4) is 0 Å². The zero-order valence-electron chi connectivity index (χ0n) is 9.31. The fourth-order valence-corrected chi connectivity index (χ4v) is 1.50. The Labute approximate surface area is 107 Å². The summed E-state index contributed by atoms with van der Waals surface area (Å²) >= 11 is 5.98. The standard InChI is InChI=1S/C11H15ClN2O.ClH/c1-8(13)11(15)14(2)7-9-5-3-4-6-10(9)12;/h3-6,8H,7,13H2,1-2H3;1H/t8-;/m0./s1. The number of amides is 1. The summed E-state index contributed by atoms with van der Waals surface area (Å²) < 4.78 is 0. The second-order valence-corrected chi connectivity index (χ2v) is 3.98. The predicted octanol–water partition coefficient (Wildman–Crippen LogP) is 2.07. The van der Waals surface area contributed by atoms with Gasteiger partial charge in [0.2, 0.25) is 5.91 Å². The van der Waals surface area contributed by atoms with Crippen molar-refractivity contribution < 1.29 is 4.79 Å². The summed E-state index contributed by atoms with van der Waals surface area (Å²) in [5.41, 5.74) is 6.43. The van der Waals surface area contributed by atoms with Crippen molar-refractivity contribution in [2.24, 2.45) is 5.73 Å².